The van der Waals surface area contributed by atoms with Gasteiger partial charge in [0.05, 0.1) is 19.5 Å². The highest BCUT2D eigenvalue weighted by Gasteiger charge is 2.34. The van der Waals surface area contributed by atoms with Crippen molar-refractivity contribution in [1.82, 2.24) is 4.90 Å². The summed E-state index contributed by atoms with van der Waals surface area (Å²) < 4.78 is 19.1. The summed E-state index contributed by atoms with van der Waals surface area (Å²) in [7, 11) is 0. The van der Waals surface area contributed by atoms with Crippen LogP contribution in [0.1, 0.15) is 29.5 Å². The summed E-state index contributed by atoms with van der Waals surface area (Å²) in [5.41, 5.74) is 3.59. The number of halogens is 1. The van der Waals surface area contributed by atoms with E-state index in [1.807, 2.05) is 53.4 Å². The third-order valence-electron chi connectivity index (χ3n) is 6.33. The van der Waals surface area contributed by atoms with Crippen molar-refractivity contribution in [3.63, 3.8) is 0 Å². The maximum atomic E-state index is 13.2. The third kappa shape index (κ3) is 5.11. The highest BCUT2D eigenvalue weighted by atomic mass is 19.1. The minimum atomic E-state index is -0.314. The van der Waals surface area contributed by atoms with Crippen LogP contribution in [0.5, 0.6) is 5.75 Å². The second-order valence-electron chi connectivity index (χ2n) is 8.94. The number of hydrogen-bond acceptors (Lipinski definition) is 3. The first-order chi connectivity index (χ1) is 16.6. The SMILES string of the molecule is O=C(Cc1ccc(F)cc1)N1CCOc2ccc(CN(C(=O)C3CC3)c3ccccc3)cc2C1. The number of para-hydroxylation sites is 1. The molecule has 6 heteroatoms. The Morgan fingerprint density at radius 3 is 2.44 bits per heavy atom. The van der Waals surface area contributed by atoms with Crippen molar-refractivity contribution in [2.24, 2.45) is 5.92 Å². The second-order valence-corrected chi connectivity index (χ2v) is 8.94. The van der Waals surface area contributed by atoms with Gasteiger partial charge in [-0.25, -0.2) is 4.39 Å². The van der Waals surface area contributed by atoms with Gasteiger partial charge in [0.25, 0.3) is 0 Å². The van der Waals surface area contributed by atoms with Gasteiger partial charge in [0.15, 0.2) is 0 Å². The van der Waals surface area contributed by atoms with E-state index in [4.69, 9.17) is 4.74 Å². The predicted octanol–water partition coefficient (Wildman–Crippen LogP) is 4.73. The normalized spacial score (nSPS) is 15.1. The molecule has 174 valence electrons. The summed E-state index contributed by atoms with van der Waals surface area (Å²) in [5.74, 6) is 0.701. The van der Waals surface area contributed by atoms with Gasteiger partial charge in [-0.3, -0.25) is 9.59 Å². The highest BCUT2D eigenvalue weighted by Crippen LogP contribution is 2.34. The van der Waals surface area contributed by atoms with Gasteiger partial charge in [-0.15, -0.1) is 0 Å². The second kappa shape index (κ2) is 9.67. The van der Waals surface area contributed by atoms with Crippen LogP contribution in [0, 0.1) is 11.7 Å². The average molecular weight is 459 g/mol. The van der Waals surface area contributed by atoms with E-state index in [1.165, 1.54) is 12.1 Å². The van der Waals surface area contributed by atoms with Crippen molar-refractivity contribution >= 4 is 17.5 Å². The van der Waals surface area contributed by atoms with Crippen molar-refractivity contribution in [2.75, 3.05) is 18.1 Å². The quantitative estimate of drug-likeness (QED) is 0.537. The fourth-order valence-electron chi connectivity index (χ4n) is 4.29. The smallest absolute Gasteiger partial charge is 0.230 e. The Bertz CT molecular complexity index is 1180. The number of carbonyl (C=O) groups is 2. The molecule has 3 aromatic carbocycles. The molecular weight excluding hydrogens is 431 g/mol. The molecule has 0 aromatic heterocycles. The molecule has 0 spiro atoms. The molecular formula is C28H27FN2O3. The van der Waals surface area contributed by atoms with E-state index in [2.05, 4.69) is 0 Å². The number of carbonyl (C=O) groups excluding carboxylic acids is 2. The van der Waals surface area contributed by atoms with Crippen molar-refractivity contribution < 1.29 is 18.7 Å². The molecule has 5 rings (SSSR count). The standard InChI is InChI=1S/C28H27FN2O3/c29-24-11-6-20(7-12-24)17-27(32)30-14-15-34-26-13-8-21(16-23(26)19-30)18-31(28(33)22-9-10-22)25-4-2-1-3-5-25/h1-8,11-13,16,22H,9-10,14-15,17-19H2. The van der Waals surface area contributed by atoms with E-state index in [0.717, 1.165) is 41.0 Å². The summed E-state index contributed by atoms with van der Waals surface area (Å²) in [6.07, 6.45) is 2.11. The van der Waals surface area contributed by atoms with Crippen molar-refractivity contribution in [1.29, 1.82) is 0 Å². The summed E-state index contributed by atoms with van der Waals surface area (Å²) in [4.78, 5) is 29.6. The van der Waals surface area contributed by atoms with Crippen LogP contribution in [0.4, 0.5) is 10.1 Å². The zero-order chi connectivity index (χ0) is 23.5. The number of hydrogen-bond donors (Lipinski definition) is 0. The molecule has 0 bridgehead atoms. The fraction of sp³-hybridized carbons (Fsp3) is 0.286. The van der Waals surface area contributed by atoms with Crippen molar-refractivity contribution in [3.05, 3.63) is 95.3 Å². The lowest BCUT2D eigenvalue weighted by Gasteiger charge is -2.24. The van der Waals surface area contributed by atoms with E-state index in [1.54, 1.807) is 17.0 Å². The minimum Gasteiger partial charge on any atom is -0.491 e. The highest BCUT2D eigenvalue weighted by molar-refractivity contribution is 5.96. The van der Waals surface area contributed by atoms with Gasteiger partial charge in [0.1, 0.15) is 18.2 Å². The van der Waals surface area contributed by atoms with Gasteiger partial charge in [0, 0.05) is 23.7 Å². The Morgan fingerprint density at radius 1 is 0.971 bits per heavy atom. The molecule has 2 amide bonds. The van der Waals surface area contributed by atoms with Crippen LogP contribution in [-0.2, 0) is 29.1 Å². The lowest BCUT2D eigenvalue weighted by atomic mass is 10.1. The zero-order valence-electron chi connectivity index (χ0n) is 19.0. The number of ether oxygens (including phenoxy) is 1. The number of fused-ring (bicyclic) bond motifs is 1. The van der Waals surface area contributed by atoms with Gasteiger partial charge in [0.2, 0.25) is 11.8 Å². The van der Waals surface area contributed by atoms with Gasteiger partial charge in [-0.05, 0) is 60.4 Å². The first kappa shape index (κ1) is 22.1. The largest absolute Gasteiger partial charge is 0.491 e. The zero-order valence-corrected chi connectivity index (χ0v) is 19.0. The number of nitrogens with zero attached hydrogens (tertiary/aromatic N) is 2. The number of benzene rings is 3. The molecule has 1 saturated carbocycles. The lowest BCUT2D eigenvalue weighted by Crippen LogP contribution is -2.33. The summed E-state index contributed by atoms with van der Waals surface area (Å²) in [6.45, 7) is 1.80. The molecule has 1 aliphatic carbocycles. The van der Waals surface area contributed by atoms with Crippen LogP contribution in [0.3, 0.4) is 0 Å². The van der Waals surface area contributed by atoms with Gasteiger partial charge in [-0.1, -0.05) is 36.4 Å². The Balaban J connectivity index is 1.34. The molecule has 0 atom stereocenters. The third-order valence-corrected chi connectivity index (χ3v) is 6.33. The molecule has 0 N–H and O–H groups in total. The Hall–Kier alpha value is -3.67. The monoisotopic (exact) mass is 458 g/mol. The first-order valence-electron chi connectivity index (χ1n) is 11.7. The first-order valence-corrected chi connectivity index (χ1v) is 11.7. The topological polar surface area (TPSA) is 49.9 Å². The molecule has 5 nitrogen and oxygen atoms in total. The van der Waals surface area contributed by atoms with E-state index in [9.17, 15) is 14.0 Å². The van der Waals surface area contributed by atoms with Crippen LogP contribution >= 0.6 is 0 Å². The Labute approximate surface area is 198 Å². The minimum absolute atomic E-state index is 0.0247. The average Bonchev–Trinajstić information content (AvgIpc) is 3.71. The molecule has 1 heterocycles. The number of amides is 2. The van der Waals surface area contributed by atoms with E-state index in [0.29, 0.717) is 26.2 Å². The summed E-state index contributed by atoms with van der Waals surface area (Å²) in [6, 6.07) is 21.7. The molecule has 1 fully saturated rings. The maximum absolute atomic E-state index is 13.2. The Kier molecular flexibility index (Phi) is 6.30. The molecule has 0 saturated heterocycles. The van der Waals surface area contributed by atoms with Gasteiger partial charge in [-0.2, -0.15) is 0 Å². The van der Waals surface area contributed by atoms with Gasteiger partial charge < -0.3 is 14.5 Å². The van der Waals surface area contributed by atoms with Crippen LogP contribution in [0.2, 0.25) is 0 Å². The van der Waals surface area contributed by atoms with Crippen LogP contribution < -0.4 is 9.64 Å². The summed E-state index contributed by atoms with van der Waals surface area (Å²) in [5, 5.41) is 0. The fourth-order valence-corrected chi connectivity index (χ4v) is 4.29. The van der Waals surface area contributed by atoms with E-state index >= 15 is 0 Å². The van der Waals surface area contributed by atoms with Crippen LogP contribution in [0.25, 0.3) is 0 Å². The van der Waals surface area contributed by atoms with E-state index in [-0.39, 0.29) is 30.0 Å². The van der Waals surface area contributed by atoms with Crippen LogP contribution in [0.15, 0.2) is 72.8 Å². The number of anilines is 1. The molecule has 1 aliphatic heterocycles. The lowest BCUT2D eigenvalue weighted by molar-refractivity contribution is -0.131. The Morgan fingerprint density at radius 2 is 1.71 bits per heavy atom. The van der Waals surface area contributed by atoms with Crippen LogP contribution in [-0.4, -0.2) is 29.9 Å². The molecule has 2 aliphatic rings. The maximum Gasteiger partial charge on any atom is 0.230 e. The molecule has 34 heavy (non-hydrogen) atoms. The number of rotatable bonds is 6. The molecule has 3 aromatic rings. The van der Waals surface area contributed by atoms with Crippen molar-refractivity contribution in [2.45, 2.75) is 32.4 Å². The van der Waals surface area contributed by atoms with Gasteiger partial charge >= 0.3 is 0 Å². The van der Waals surface area contributed by atoms with Crippen molar-refractivity contribution in [3.8, 4) is 5.75 Å². The van der Waals surface area contributed by atoms with E-state index < -0.39 is 0 Å². The predicted molar refractivity (Wildman–Crippen MR) is 128 cm³/mol. The molecule has 0 unspecified atom stereocenters. The molecule has 0 radical (unpaired) electrons. The summed E-state index contributed by atoms with van der Waals surface area (Å²) >= 11 is 0.